The van der Waals surface area contributed by atoms with E-state index < -0.39 is 0 Å². The van der Waals surface area contributed by atoms with Crippen LogP contribution in [0.3, 0.4) is 0 Å². The van der Waals surface area contributed by atoms with Crippen molar-refractivity contribution in [2.45, 2.75) is 37.9 Å². The number of nitrogens with two attached hydrogens (primary N) is 1. The van der Waals surface area contributed by atoms with Gasteiger partial charge in [-0.2, -0.15) is 0 Å². The molecule has 3 aromatic carbocycles. The molecule has 0 aromatic heterocycles. The fraction of sp³-hybridized carbons (Fsp3) is 0.375. The minimum absolute atomic E-state index is 0.0225. The predicted octanol–water partition coefficient (Wildman–Crippen LogP) is 3.77. The fourth-order valence-corrected chi connectivity index (χ4v) is 6.60. The van der Waals surface area contributed by atoms with Gasteiger partial charge in [0.15, 0.2) is 0 Å². The molecule has 0 spiro atoms. The molecule has 3 N–H and O–H groups in total. The van der Waals surface area contributed by atoms with E-state index in [9.17, 15) is 9.59 Å². The lowest BCUT2D eigenvalue weighted by atomic mass is 9.66. The maximum atomic E-state index is 12.6. The maximum absolute atomic E-state index is 12.6. The quantitative estimate of drug-likeness (QED) is 0.443. The summed E-state index contributed by atoms with van der Waals surface area (Å²) in [6.07, 6.45) is 0.919. The molecule has 7 heteroatoms. The second kappa shape index (κ2) is 11.6. The van der Waals surface area contributed by atoms with Gasteiger partial charge in [0.1, 0.15) is 5.75 Å². The lowest BCUT2D eigenvalue weighted by Crippen LogP contribution is -2.68. The number of amides is 2. The van der Waals surface area contributed by atoms with Crippen LogP contribution in [-0.4, -0.2) is 56.0 Å². The number of nitrogens with one attached hydrogen (secondary N) is 1. The van der Waals surface area contributed by atoms with Crippen LogP contribution >= 0.6 is 0 Å². The summed E-state index contributed by atoms with van der Waals surface area (Å²) in [4.78, 5) is 28.7. The maximum Gasteiger partial charge on any atom is 0.223 e. The van der Waals surface area contributed by atoms with Gasteiger partial charge in [0, 0.05) is 56.3 Å². The molecule has 204 valence electrons. The molecule has 0 radical (unpaired) electrons. The molecular weight excluding hydrogens is 488 g/mol. The number of anilines is 1. The summed E-state index contributed by atoms with van der Waals surface area (Å²) in [6, 6.07) is 27.3. The van der Waals surface area contributed by atoms with Crippen molar-refractivity contribution in [3.8, 4) is 5.75 Å². The Morgan fingerprint density at radius 3 is 2.26 bits per heavy atom. The lowest BCUT2D eigenvalue weighted by Gasteiger charge is -2.56. The Bertz CT molecular complexity index is 1260. The van der Waals surface area contributed by atoms with Gasteiger partial charge in [-0.25, -0.2) is 0 Å². The molecule has 3 fully saturated rings. The number of piperidine rings is 3. The Kier molecular flexibility index (Phi) is 8.00. The highest BCUT2D eigenvalue weighted by molar-refractivity contribution is 5.91. The minimum Gasteiger partial charge on any atom is -0.496 e. The highest BCUT2D eigenvalue weighted by Crippen LogP contribution is 2.44. The minimum atomic E-state index is -0.228. The summed E-state index contributed by atoms with van der Waals surface area (Å²) in [5.74, 6) is 0.551. The molecule has 3 aliphatic heterocycles. The van der Waals surface area contributed by atoms with Gasteiger partial charge in [-0.3, -0.25) is 14.5 Å². The molecular formula is C32H38N4O3. The molecule has 0 saturated carbocycles. The average molecular weight is 527 g/mol. The standard InChI is InChI=1S/C32H38N4O3/c1-21(37)35(2)25-14-15-28(39-3)24(18-25)19-34-30-26-16-17-36(20-27(26)32(33)38)31(30)29(22-10-6-4-7-11-22)23-12-8-5-9-13-23/h4-15,18,26-27,29-31,34H,16-17,19-20H2,1-3H3,(H2,33,38). The first-order chi connectivity index (χ1) is 18.9. The van der Waals surface area contributed by atoms with Gasteiger partial charge < -0.3 is 20.7 Å². The van der Waals surface area contributed by atoms with Crippen LogP contribution < -0.4 is 20.7 Å². The van der Waals surface area contributed by atoms with E-state index in [4.69, 9.17) is 10.5 Å². The van der Waals surface area contributed by atoms with E-state index in [-0.39, 0.29) is 41.7 Å². The zero-order valence-corrected chi connectivity index (χ0v) is 22.9. The van der Waals surface area contributed by atoms with Crippen molar-refractivity contribution in [2.75, 3.05) is 32.1 Å². The van der Waals surface area contributed by atoms with Gasteiger partial charge in [-0.1, -0.05) is 60.7 Å². The molecule has 3 saturated heterocycles. The highest BCUT2D eigenvalue weighted by atomic mass is 16.5. The van der Waals surface area contributed by atoms with Crippen LogP contribution in [0.15, 0.2) is 78.9 Å². The molecule has 2 amide bonds. The summed E-state index contributed by atoms with van der Waals surface area (Å²) < 4.78 is 5.69. The number of nitrogens with zero attached hydrogens (tertiary/aromatic N) is 2. The second-order valence-electron chi connectivity index (χ2n) is 10.7. The van der Waals surface area contributed by atoms with Gasteiger partial charge >= 0.3 is 0 Å². The summed E-state index contributed by atoms with van der Waals surface area (Å²) in [6.45, 7) is 3.71. The van der Waals surface area contributed by atoms with Crippen LogP contribution in [-0.2, 0) is 16.1 Å². The Balaban J connectivity index is 1.53. The molecule has 5 atom stereocenters. The van der Waals surface area contributed by atoms with Crippen molar-refractivity contribution in [3.63, 3.8) is 0 Å². The number of hydrogen-bond acceptors (Lipinski definition) is 5. The first-order valence-electron chi connectivity index (χ1n) is 13.7. The van der Waals surface area contributed by atoms with Gasteiger partial charge in [-0.05, 0) is 48.2 Å². The van der Waals surface area contributed by atoms with Crippen LogP contribution in [0.2, 0.25) is 0 Å². The number of carbonyl (C=O) groups is 2. The van der Waals surface area contributed by atoms with E-state index in [1.807, 2.05) is 18.2 Å². The number of rotatable bonds is 9. The molecule has 5 unspecified atom stereocenters. The van der Waals surface area contributed by atoms with Gasteiger partial charge in [-0.15, -0.1) is 0 Å². The van der Waals surface area contributed by atoms with E-state index in [0.717, 1.165) is 30.0 Å². The first kappa shape index (κ1) is 26.9. The van der Waals surface area contributed by atoms with Crippen LogP contribution in [0.1, 0.15) is 36.0 Å². The van der Waals surface area contributed by atoms with E-state index in [0.29, 0.717) is 13.1 Å². The van der Waals surface area contributed by atoms with Crippen molar-refractivity contribution in [1.29, 1.82) is 0 Å². The molecule has 3 heterocycles. The predicted molar refractivity (Wildman–Crippen MR) is 154 cm³/mol. The monoisotopic (exact) mass is 526 g/mol. The first-order valence-corrected chi connectivity index (χ1v) is 13.7. The number of primary amides is 1. The topological polar surface area (TPSA) is 87.9 Å². The van der Waals surface area contributed by atoms with Crippen LogP contribution in [0.5, 0.6) is 5.75 Å². The second-order valence-corrected chi connectivity index (χ2v) is 10.7. The van der Waals surface area contributed by atoms with Gasteiger partial charge in [0.25, 0.3) is 0 Å². The molecule has 0 aliphatic carbocycles. The molecule has 6 rings (SSSR count). The smallest absolute Gasteiger partial charge is 0.223 e. The number of ether oxygens (including phenoxy) is 1. The fourth-order valence-electron chi connectivity index (χ4n) is 6.60. The van der Waals surface area contributed by atoms with Gasteiger partial charge in [0.2, 0.25) is 11.8 Å². The van der Waals surface area contributed by atoms with Crippen LogP contribution in [0.25, 0.3) is 0 Å². The Hall–Kier alpha value is -3.68. The Morgan fingerprint density at radius 1 is 1.05 bits per heavy atom. The molecule has 3 aromatic rings. The van der Waals surface area contributed by atoms with Crippen molar-refractivity contribution < 1.29 is 14.3 Å². The van der Waals surface area contributed by atoms with Crippen molar-refractivity contribution >= 4 is 17.5 Å². The zero-order valence-electron chi connectivity index (χ0n) is 22.9. The number of fused-ring (bicyclic) bond motifs is 3. The van der Waals surface area contributed by atoms with E-state index in [1.165, 1.54) is 11.1 Å². The number of benzene rings is 3. The molecule has 39 heavy (non-hydrogen) atoms. The summed E-state index contributed by atoms with van der Waals surface area (Å²) in [7, 11) is 3.43. The Morgan fingerprint density at radius 2 is 1.69 bits per heavy atom. The third-order valence-corrected chi connectivity index (χ3v) is 8.62. The SMILES string of the molecule is COc1ccc(N(C)C(C)=O)cc1CNC1C2CCN(CC2C(N)=O)C1C(c1ccccc1)c1ccccc1. The van der Waals surface area contributed by atoms with Crippen molar-refractivity contribution in [1.82, 2.24) is 10.2 Å². The third-order valence-electron chi connectivity index (χ3n) is 8.62. The zero-order chi connectivity index (χ0) is 27.5. The summed E-state index contributed by atoms with van der Waals surface area (Å²) in [5, 5.41) is 3.86. The van der Waals surface area contributed by atoms with Crippen molar-refractivity contribution in [2.24, 2.45) is 17.6 Å². The third kappa shape index (κ3) is 5.42. The number of methoxy groups -OCH3 is 1. The normalized spacial score (nSPS) is 23.9. The van der Waals surface area contributed by atoms with Crippen molar-refractivity contribution in [3.05, 3.63) is 95.6 Å². The molecule has 7 nitrogen and oxygen atoms in total. The highest BCUT2D eigenvalue weighted by Gasteiger charge is 2.51. The number of carbonyl (C=O) groups excluding carboxylic acids is 2. The molecule has 3 aliphatic rings. The Labute approximate surface area is 230 Å². The largest absolute Gasteiger partial charge is 0.496 e. The van der Waals surface area contributed by atoms with Crippen LogP contribution in [0.4, 0.5) is 5.69 Å². The van der Waals surface area contributed by atoms with E-state index >= 15 is 0 Å². The average Bonchev–Trinajstić information content (AvgIpc) is 2.97. The van der Waals surface area contributed by atoms with Gasteiger partial charge in [0.05, 0.1) is 13.0 Å². The molecule has 2 bridgehead atoms. The van der Waals surface area contributed by atoms with E-state index in [2.05, 4.69) is 70.9 Å². The number of hydrogen-bond donors (Lipinski definition) is 2. The van der Waals surface area contributed by atoms with Crippen LogP contribution in [0, 0.1) is 11.8 Å². The summed E-state index contributed by atoms with van der Waals surface area (Å²) in [5.41, 5.74) is 10.2. The summed E-state index contributed by atoms with van der Waals surface area (Å²) >= 11 is 0. The van der Waals surface area contributed by atoms with E-state index in [1.54, 1.807) is 26.0 Å². The lowest BCUT2D eigenvalue weighted by molar-refractivity contribution is -0.132.